The number of rotatable bonds is 3. The predicted molar refractivity (Wildman–Crippen MR) is 96.8 cm³/mol. The largest absolute Gasteiger partial charge is 1.00 e. The molecule has 0 spiro atoms. The molecular formula is C22H32Cl2Zr. The molecule has 138 valence electrons. The van der Waals surface area contributed by atoms with E-state index in [1.165, 1.54) is 38.5 Å². The van der Waals surface area contributed by atoms with Gasteiger partial charge < -0.3 is 24.8 Å². The van der Waals surface area contributed by atoms with E-state index >= 15 is 0 Å². The van der Waals surface area contributed by atoms with Gasteiger partial charge in [-0.15, -0.1) is 0 Å². The van der Waals surface area contributed by atoms with E-state index in [4.69, 9.17) is 0 Å². The third-order valence-corrected chi connectivity index (χ3v) is 12.1. The Kier molecular flexibility index (Phi) is 8.52. The fourth-order valence-electron chi connectivity index (χ4n) is 4.65. The zero-order valence-corrected chi connectivity index (χ0v) is 20.6. The standard InChI is InChI=1S/C12H17.C10H15.2ClH.Zr/c1-10-7-8-12(9-10)11-5-3-2-4-6-11;1-7-6-10(4,5)9(3)8(7)2;;;/h8,11H,2-7H2,1H3;1-5H3;2*1H;/q;;;;+2/p-2. The topological polar surface area (TPSA) is 0 Å². The summed E-state index contributed by atoms with van der Waals surface area (Å²) in [5.74, 6) is 0.887. The van der Waals surface area contributed by atoms with E-state index in [-0.39, 0.29) is 24.8 Å². The van der Waals surface area contributed by atoms with Crippen LogP contribution in [0.3, 0.4) is 0 Å². The maximum absolute atomic E-state index is 2.60. The minimum absolute atomic E-state index is 0. The van der Waals surface area contributed by atoms with Gasteiger partial charge in [0.2, 0.25) is 0 Å². The zero-order valence-electron chi connectivity index (χ0n) is 16.7. The van der Waals surface area contributed by atoms with Gasteiger partial charge in [-0.25, -0.2) is 0 Å². The SMILES string of the molecule is CC1=[C]([Zr+2][C]2=C(C)C(C)=C(C)C2(C)C)C(C2CCCCC2)=CC1.[Cl-].[Cl-]. The van der Waals surface area contributed by atoms with E-state index in [9.17, 15) is 0 Å². The number of hydrogen-bond acceptors (Lipinski definition) is 0. The minimum atomic E-state index is -0.683. The van der Waals surface area contributed by atoms with Gasteiger partial charge in [-0.2, -0.15) is 0 Å². The van der Waals surface area contributed by atoms with Gasteiger partial charge in [0.25, 0.3) is 0 Å². The fraction of sp³-hybridized carbons (Fsp3) is 0.636. The van der Waals surface area contributed by atoms with Crippen LogP contribution >= 0.6 is 0 Å². The molecule has 0 amide bonds. The fourth-order valence-corrected chi connectivity index (χ4v) is 9.29. The molecule has 1 fully saturated rings. The van der Waals surface area contributed by atoms with Gasteiger partial charge in [0.15, 0.2) is 0 Å². The van der Waals surface area contributed by atoms with Crippen LogP contribution < -0.4 is 24.8 Å². The van der Waals surface area contributed by atoms with E-state index in [2.05, 4.69) is 47.6 Å². The molecule has 0 bridgehead atoms. The molecule has 0 nitrogen and oxygen atoms in total. The van der Waals surface area contributed by atoms with Gasteiger partial charge in [0.1, 0.15) is 0 Å². The number of hydrogen-bond donors (Lipinski definition) is 0. The summed E-state index contributed by atoms with van der Waals surface area (Å²) in [5, 5.41) is 0. The molecule has 0 atom stereocenters. The maximum Gasteiger partial charge on any atom is -1.00 e. The Hall–Kier alpha value is 0.423. The van der Waals surface area contributed by atoms with E-state index in [1.54, 1.807) is 27.9 Å². The molecule has 0 aromatic carbocycles. The molecule has 0 saturated heterocycles. The monoisotopic (exact) mass is 456 g/mol. The molecule has 3 aliphatic carbocycles. The van der Waals surface area contributed by atoms with Gasteiger partial charge in [-0.3, -0.25) is 0 Å². The van der Waals surface area contributed by atoms with Gasteiger partial charge in [-0.1, -0.05) is 0 Å². The van der Waals surface area contributed by atoms with Crippen LogP contribution in [-0.2, 0) is 23.2 Å². The summed E-state index contributed by atoms with van der Waals surface area (Å²) in [4.78, 5) is 0. The third-order valence-electron chi connectivity index (χ3n) is 6.70. The Morgan fingerprint density at radius 3 is 2.04 bits per heavy atom. The van der Waals surface area contributed by atoms with Gasteiger partial charge in [-0.05, 0) is 0 Å². The molecule has 0 heterocycles. The molecule has 3 rings (SSSR count). The molecule has 0 aromatic heterocycles. The molecular weight excluding hydrogens is 426 g/mol. The van der Waals surface area contributed by atoms with Gasteiger partial charge in [0, 0.05) is 0 Å². The quantitative estimate of drug-likeness (QED) is 0.590. The molecule has 0 radical (unpaired) electrons. The summed E-state index contributed by atoms with van der Waals surface area (Å²) in [6.07, 6.45) is 11.1. The van der Waals surface area contributed by atoms with Crippen molar-refractivity contribution in [3.8, 4) is 0 Å². The van der Waals surface area contributed by atoms with Crippen LogP contribution in [0.1, 0.15) is 80.1 Å². The van der Waals surface area contributed by atoms with Crippen molar-refractivity contribution in [1.29, 1.82) is 0 Å². The van der Waals surface area contributed by atoms with E-state index in [0.717, 1.165) is 5.92 Å². The summed E-state index contributed by atoms with van der Waals surface area (Å²) >= 11 is -0.683. The minimum Gasteiger partial charge on any atom is -1.00 e. The summed E-state index contributed by atoms with van der Waals surface area (Å²) in [6.45, 7) is 14.4. The van der Waals surface area contributed by atoms with Crippen LogP contribution in [0, 0.1) is 11.3 Å². The number of allylic oxidation sites excluding steroid dienone is 8. The first-order valence-corrected chi connectivity index (χ1v) is 11.9. The molecule has 1 saturated carbocycles. The van der Waals surface area contributed by atoms with Crippen molar-refractivity contribution in [1.82, 2.24) is 0 Å². The van der Waals surface area contributed by atoms with Crippen LogP contribution in [0.25, 0.3) is 0 Å². The van der Waals surface area contributed by atoms with Gasteiger partial charge >= 0.3 is 155 Å². The molecule has 25 heavy (non-hydrogen) atoms. The third kappa shape index (κ3) is 4.30. The molecule has 0 unspecified atom stereocenters. The second kappa shape index (κ2) is 9.08. The molecule has 0 aliphatic heterocycles. The van der Waals surface area contributed by atoms with Crippen molar-refractivity contribution in [2.24, 2.45) is 11.3 Å². The summed E-state index contributed by atoms with van der Waals surface area (Å²) < 4.78 is 3.71. The Morgan fingerprint density at radius 1 is 0.920 bits per heavy atom. The van der Waals surface area contributed by atoms with Crippen molar-refractivity contribution < 1.29 is 48.0 Å². The zero-order chi connectivity index (χ0) is 16.8. The average molecular weight is 459 g/mol. The van der Waals surface area contributed by atoms with Crippen molar-refractivity contribution in [3.05, 3.63) is 40.5 Å². The van der Waals surface area contributed by atoms with Crippen molar-refractivity contribution in [3.63, 3.8) is 0 Å². The van der Waals surface area contributed by atoms with Crippen LogP contribution in [0.2, 0.25) is 0 Å². The molecule has 0 N–H and O–H groups in total. The van der Waals surface area contributed by atoms with Crippen molar-refractivity contribution in [2.75, 3.05) is 0 Å². The van der Waals surface area contributed by atoms with E-state index in [0.29, 0.717) is 5.41 Å². The smallest absolute Gasteiger partial charge is 1.00 e. The van der Waals surface area contributed by atoms with Crippen LogP contribution in [-0.4, -0.2) is 0 Å². The predicted octanol–water partition coefficient (Wildman–Crippen LogP) is 0.912. The summed E-state index contributed by atoms with van der Waals surface area (Å²) in [7, 11) is 0. The van der Waals surface area contributed by atoms with Crippen LogP contribution in [0.15, 0.2) is 40.5 Å². The normalized spacial score (nSPS) is 23.4. The Morgan fingerprint density at radius 2 is 1.52 bits per heavy atom. The number of halogens is 2. The van der Waals surface area contributed by atoms with E-state index < -0.39 is 23.2 Å². The van der Waals surface area contributed by atoms with Crippen LogP contribution in [0.4, 0.5) is 0 Å². The van der Waals surface area contributed by atoms with Crippen LogP contribution in [0.5, 0.6) is 0 Å². The second-order valence-electron chi connectivity index (χ2n) is 8.35. The maximum atomic E-state index is 2.60. The Labute approximate surface area is 179 Å². The Balaban J connectivity index is 0.00000156. The first kappa shape index (κ1) is 23.5. The van der Waals surface area contributed by atoms with Crippen molar-refractivity contribution in [2.45, 2.75) is 80.1 Å². The molecule has 3 heteroatoms. The average Bonchev–Trinajstić information content (AvgIpc) is 2.97. The second-order valence-corrected chi connectivity index (χ2v) is 11.4. The first-order valence-electron chi connectivity index (χ1n) is 9.41. The van der Waals surface area contributed by atoms with E-state index in [1.807, 2.05) is 6.56 Å². The summed E-state index contributed by atoms with van der Waals surface area (Å²) in [6, 6.07) is 0. The Bertz CT molecular complexity index is 641. The molecule has 0 aromatic rings. The first-order chi connectivity index (χ1) is 10.8. The van der Waals surface area contributed by atoms with Crippen molar-refractivity contribution >= 4 is 0 Å². The summed E-state index contributed by atoms with van der Waals surface area (Å²) in [5.41, 5.74) is 8.64. The molecule has 3 aliphatic rings. The van der Waals surface area contributed by atoms with Gasteiger partial charge in [0.05, 0.1) is 0 Å².